The first kappa shape index (κ1) is 30.5. The third-order valence-corrected chi connectivity index (χ3v) is 11.3. The van der Waals surface area contributed by atoms with E-state index in [9.17, 15) is 9.90 Å². The molecule has 10 heteroatoms. The Labute approximate surface area is 258 Å². The molecule has 0 radical (unpaired) electrons. The summed E-state index contributed by atoms with van der Waals surface area (Å²) in [6.07, 6.45) is 0. The van der Waals surface area contributed by atoms with Crippen LogP contribution in [-0.4, -0.2) is 5.97 Å². The fraction of sp³-hybridized carbons (Fsp3) is 0. The summed E-state index contributed by atoms with van der Waals surface area (Å²) in [5, 5.41) is 15.9. The van der Waals surface area contributed by atoms with E-state index in [2.05, 4.69) is 134 Å². The minimum Gasteiger partial charge on any atom is -0.545 e. The van der Waals surface area contributed by atoms with E-state index >= 15 is 0 Å². The van der Waals surface area contributed by atoms with Gasteiger partial charge in [0.15, 0.2) is 5.75 Å². The highest BCUT2D eigenvalue weighted by molar-refractivity contribution is 8.01. The van der Waals surface area contributed by atoms with Crippen LogP contribution in [0.1, 0.15) is 10.4 Å². The lowest BCUT2D eigenvalue weighted by atomic mass is 10.2. The van der Waals surface area contributed by atoms with E-state index in [0.717, 1.165) is 6.07 Å². The van der Waals surface area contributed by atoms with Gasteiger partial charge in [-0.2, -0.15) is 0 Å². The Hall–Kier alpha value is -3.44. The number of carbonyl (C=O) groups is 1. The predicted octanol–water partition coefficient (Wildman–Crippen LogP) is 6.61. The number of carboxylic acids is 1. The average Bonchev–Trinajstić information content (AvgIpc) is 3.03. The summed E-state index contributed by atoms with van der Waals surface area (Å²) in [5.41, 5.74) is -0.439. The quantitative estimate of drug-likeness (QED) is 0.178. The van der Waals surface area contributed by atoms with Gasteiger partial charge in [0.25, 0.3) is 0 Å². The van der Waals surface area contributed by atoms with Crippen molar-refractivity contribution in [2.45, 2.75) is 0 Å². The van der Waals surface area contributed by atoms with Gasteiger partial charge in [-0.15, -0.1) is 0 Å². The molecule has 208 valence electrons. The normalized spacial score (nSPS) is 10.6. The van der Waals surface area contributed by atoms with Gasteiger partial charge in [0.1, 0.15) is 64.1 Å². The molecule has 0 unspecified atom stereocenters. The van der Waals surface area contributed by atoms with E-state index < -0.39 is 18.8 Å². The predicted molar refractivity (Wildman–Crippen MR) is 166 cm³/mol. The molecule has 0 atom stereocenters. The molecule has 0 heterocycles. The summed E-state index contributed by atoms with van der Waals surface area (Å²) in [5.74, 6) is -2.43. The first-order valence-electron chi connectivity index (χ1n) is 12.0. The van der Waals surface area contributed by atoms with Crippen LogP contribution in [0.2, 0.25) is 5.02 Å². The molecule has 0 amide bonds. The van der Waals surface area contributed by atoms with Crippen molar-refractivity contribution in [2.24, 2.45) is 0 Å². The number of carbonyl (C=O) groups excluding carboxylic acids is 1. The summed E-state index contributed by atoms with van der Waals surface area (Å²) in [6, 6.07) is 44.8. The van der Waals surface area contributed by atoms with Crippen molar-refractivity contribution in [3.8, 4) is 17.2 Å². The van der Waals surface area contributed by atoms with Crippen molar-refractivity contribution in [3.63, 3.8) is 0 Å². The Morgan fingerprint density at radius 2 is 0.902 bits per heavy atom. The fourth-order valence-corrected chi connectivity index (χ4v) is 9.41. The van der Waals surface area contributed by atoms with Crippen LogP contribution < -0.4 is 39.2 Å². The zero-order valence-corrected chi connectivity index (χ0v) is 25.0. The van der Waals surface area contributed by atoms with Crippen LogP contribution in [0.15, 0.2) is 127 Å². The molecule has 0 bridgehead atoms. The van der Waals surface area contributed by atoms with Crippen LogP contribution >= 0.6 is 54.5 Å². The van der Waals surface area contributed by atoms with Crippen LogP contribution in [-0.2, 0) is 0 Å². The second-order valence-electron chi connectivity index (χ2n) is 8.43. The van der Waals surface area contributed by atoms with Gasteiger partial charge in [-0.1, -0.05) is 84.4 Å². The largest absolute Gasteiger partial charge is 0.545 e. The van der Waals surface area contributed by atoms with Crippen LogP contribution in [0.4, 0.5) is 0 Å². The van der Waals surface area contributed by atoms with Gasteiger partial charge in [-0.25, -0.2) is 0 Å². The van der Waals surface area contributed by atoms with Gasteiger partial charge in [-0.3, -0.25) is 0 Å². The molecule has 41 heavy (non-hydrogen) atoms. The maximum atomic E-state index is 10.7. The minimum absolute atomic E-state index is 0.240. The maximum absolute atomic E-state index is 10.7. The summed E-state index contributed by atoms with van der Waals surface area (Å²) in [4.78, 5) is 10.7. The summed E-state index contributed by atoms with van der Waals surface area (Å²) in [7, 11) is -1.91. The number of benzene rings is 5. The smallest absolute Gasteiger partial charge is 0.236 e. The fourth-order valence-electron chi connectivity index (χ4n) is 4.44. The number of aromatic carboxylic acids is 1. The third kappa shape index (κ3) is 6.41. The highest BCUT2D eigenvalue weighted by Crippen LogP contribution is 2.54. The van der Waals surface area contributed by atoms with Crippen molar-refractivity contribution in [1.82, 2.24) is 0 Å². The lowest BCUT2D eigenvalue weighted by molar-refractivity contribution is -0.255. The van der Waals surface area contributed by atoms with E-state index in [1.807, 2.05) is 0 Å². The molecule has 0 saturated carbocycles. The first-order chi connectivity index (χ1) is 20.0. The molecule has 0 aliphatic rings. The second kappa shape index (κ2) is 14.5. The highest BCUT2D eigenvalue weighted by atomic mass is 35.5. The van der Waals surface area contributed by atoms with Crippen molar-refractivity contribution in [1.29, 1.82) is 0 Å². The standard InChI is InChI=1S/C24H20P.C7H2Cl4O5/c1-5-13-21(14-6-1)25(22-15-7-2-8-16-22,23-17-9-3-10-18-23)24-19-11-4-12-20-24;8-4-2(7(12)13)1-3(14-9)5(15-10)6(4)16-11/h1-20H;1H,(H,12,13)/q+1;/p-1. The van der Waals surface area contributed by atoms with Gasteiger partial charge < -0.3 is 22.8 Å². The molecule has 0 spiro atoms. The van der Waals surface area contributed by atoms with E-state index in [0.29, 0.717) is 0 Å². The molecule has 0 N–H and O–H groups in total. The highest BCUT2D eigenvalue weighted by Gasteiger charge is 2.47. The lowest BCUT2D eigenvalue weighted by Gasteiger charge is -2.27. The molecular formula is C31H21Cl4O5P. The topological polar surface area (TPSA) is 67.8 Å². The van der Waals surface area contributed by atoms with Crippen molar-refractivity contribution >= 4 is 81.6 Å². The third-order valence-electron chi connectivity index (χ3n) is 6.17. The van der Waals surface area contributed by atoms with Gasteiger partial charge in [0.2, 0.25) is 11.5 Å². The number of carboxylic acid groups (broad SMARTS) is 1. The maximum Gasteiger partial charge on any atom is 0.236 e. The Bertz CT molecular complexity index is 1410. The molecule has 5 nitrogen and oxygen atoms in total. The second-order valence-corrected chi connectivity index (χ2v) is 12.7. The first-order valence-corrected chi connectivity index (χ1v) is 15.1. The molecular weight excluding hydrogens is 625 g/mol. The molecule has 5 rings (SSSR count). The summed E-state index contributed by atoms with van der Waals surface area (Å²) < 4.78 is 12.9. The van der Waals surface area contributed by atoms with Gasteiger partial charge in [0.05, 0.1) is 11.0 Å². The molecule has 5 aromatic carbocycles. The Balaban J connectivity index is 0.000000210. The number of hydrogen-bond acceptors (Lipinski definition) is 5. The van der Waals surface area contributed by atoms with E-state index in [1.54, 1.807) is 0 Å². The molecule has 0 fully saturated rings. The molecule has 0 aliphatic carbocycles. The minimum atomic E-state index is -1.91. The summed E-state index contributed by atoms with van der Waals surface area (Å²) >= 11 is 20.9. The van der Waals surface area contributed by atoms with Crippen LogP contribution in [0.25, 0.3) is 0 Å². The van der Waals surface area contributed by atoms with E-state index in [4.69, 9.17) is 47.2 Å². The van der Waals surface area contributed by atoms with Gasteiger partial charge >= 0.3 is 0 Å². The summed E-state index contributed by atoms with van der Waals surface area (Å²) in [6.45, 7) is 0. The number of hydrogen-bond donors (Lipinski definition) is 0. The van der Waals surface area contributed by atoms with Gasteiger partial charge in [0, 0.05) is 5.56 Å². The Morgan fingerprint density at radius 1 is 0.561 bits per heavy atom. The number of rotatable bonds is 8. The molecule has 0 aromatic heterocycles. The Kier molecular flexibility index (Phi) is 10.8. The molecule has 0 saturated heterocycles. The Morgan fingerprint density at radius 3 is 1.17 bits per heavy atom. The van der Waals surface area contributed by atoms with Crippen LogP contribution in [0.3, 0.4) is 0 Å². The zero-order valence-electron chi connectivity index (χ0n) is 21.1. The van der Waals surface area contributed by atoms with Crippen LogP contribution in [0, 0.1) is 0 Å². The van der Waals surface area contributed by atoms with Crippen LogP contribution in [0.5, 0.6) is 17.2 Å². The zero-order chi connectivity index (χ0) is 29.2. The number of halogens is 4. The van der Waals surface area contributed by atoms with E-state index in [1.165, 1.54) is 21.2 Å². The van der Waals surface area contributed by atoms with Gasteiger partial charge in [-0.05, 0) is 54.6 Å². The van der Waals surface area contributed by atoms with E-state index in [-0.39, 0.29) is 22.3 Å². The molecule has 5 aromatic rings. The SMILES string of the molecule is O=C([O-])c1cc(OCl)c(OCl)c(OCl)c1Cl.c1ccc([P+](c2ccccc2)(c2ccccc2)c2ccccc2)cc1. The lowest BCUT2D eigenvalue weighted by Crippen LogP contribution is -2.38. The monoisotopic (exact) mass is 644 g/mol. The van der Waals surface area contributed by atoms with Crippen molar-refractivity contribution in [2.75, 3.05) is 0 Å². The molecule has 0 aliphatic heterocycles. The van der Waals surface area contributed by atoms with Crippen molar-refractivity contribution < 1.29 is 22.8 Å². The van der Waals surface area contributed by atoms with Crippen molar-refractivity contribution in [3.05, 3.63) is 138 Å². The average molecular weight is 646 g/mol.